The highest BCUT2D eigenvalue weighted by Gasteiger charge is 2.21. The molecular weight excluding hydrogens is 701 g/mol. The SMILES string of the molecule is C1=c2oc3cc(-c4ccc5c(c4)oc4cc(-n6c7ccccc7c7ccccc76)ccc45)ccc3c2=CCC1c1nc(-c2ccccc2)nc(-c2ccccc2)n1. The Labute approximate surface area is 326 Å². The van der Waals surface area contributed by atoms with Crippen molar-refractivity contribution in [2.75, 3.05) is 0 Å². The molecule has 6 nitrogen and oxygen atoms in total. The van der Waals surface area contributed by atoms with Gasteiger partial charge in [0, 0.05) is 60.9 Å². The molecule has 1 aliphatic carbocycles. The molecule has 0 fully saturated rings. The van der Waals surface area contributed by atoms with Gasteiger partial charge in [-0.15, -0.1) is 0 Å². The number of hydrogen-bond donors (Lipinski definition) is 0. The van der Waals surface area contributed by atoms with Gasteiger partial charge in [-0.25, -0.2) is 15.0 Å². The van der Waals surface area contributed by atoms with Crippen molar-refractivity contribution < 1.29 is 8.83 Å². The molecule has 4 aromatic heterocycles. The van der Waals surface area contributed by atoms with E-state index >= 15 is 0 Å². The lowest BCUT2D eigenvalue weighted by molar-refractivity contribution is 0.568. The van der Waals surface area contributed by atoms with Crippen molar-refractivity contribution in [2.45, 2.75) is 12.3 Å². The van der Waals surface area contributed by atoms with Crippen molar-refractivity contribution >= 4 is 66.9 Å². The lowest BCUT2D eigenvalue weighted by Crippen LogP contribution is -2.25. The van der Waals surface area contributed by atoms with E-state index in [0.29, 0.717) is 11.6 Å². The maximum atomic E-state index is 6.60. The minimum absolute atomic E-state index is 0.0589. The van der Waals surface area contributed by atoms with E-state index in [1.165, 1.54) is 21.8 Å². The van der Waals surface area contributed by atoms with Crippen LogP contribution >= 0.6 is 0 Å². The Morgan fingerprint density at radius 3 is 1.65 bits per heavy atom. The van der Waals surface area contributed by atoms with E-state index in [9.17, 15) is 0 Å². The standard InChI is InChI=1S/C51H32N4O2/c1-3-11-31(12-4-1)49-52-50(32-13-5-2-6-14-32)54-51(53-49)35-21-25-41-39-23-19-33(27-45(39)56-47(41)29-35)34-20-24-40-42-26-22-36(30-48(42)57-46(40)28-34)55-43-17-9-7-15-37(43)38-16-8-10-18-44(38)55/h1-20,22-30,35H,21H2. The molecule has 1 atom stereocenters. The molecule has 57 heavy (non-hydrogen) atoms. The van der Waals surface area contributed by atoms with Gasteiger partial charge in [0.05, 0.1) is 11.0 Å². The van der Waals surface area contributed by atoms with Gasteiger partial charge in [-0.05, 0) is 72.2 Å². The van der Waals surface area contributed by atoms with Gasteiger partial charge in [0.2, 0.25) is 0 Å². The fraction of sp³-hybridized carbons (Fsp3) is 0.0392. The van der Waals surface area contributed by atoms with E-state index < -0.39 is 0 Å². The molecule has 0 amide bonds. The average molecular weight is 733 g/mol. The van der Waals surface area contributed by atoms with Crippen LogP contribution in [0.1, 0.15) is 18.2 Å². The third-order valence-corrected chi connectivity index (χ3v) is 11.4. The van der Waals surface area contributed by atoms with Crippen LogP contribution in [0.5, 0.6) is 0 Å². The van der Waals surface area contributed by atoms with Crippen LogP contribution in [0.2, 0.25) is 0 Å². The first kappa shape index (κ1) is 31.7. The summed E-state index contributed by atoms with van der Waals surface area (Å²) in [6.07, 6.45) is 5.19. The molecule has 1 unspecified atom stereocenters. The molecule has 0 aliphatic heterocycles. The second-order valence-corrected chi connectivity index (χ2v) is 14.7. The van der Waals surface area contributed by atoms with Crippen LogP contribution in [0.15, 0.2) is 173 Å². The Morgan fingerprint density at radius 1 is 0.456 bits per heavy atom. The first-order chi connectivity index (χ1) is 28.2. The molecule has 0 saturated heterocycles. The lowest BCUT2D eigenvalue weighted by Gasteiger charge is -2.14. The first-order valence-corrected chi connectivity index (χ1v) is 19.3. The van der Waals surface area contributed by atoms with Crippen LogP contribution in [0.3, 0.4) is 0 Å². The van der Waals surface area contributed by atoms with Crippen LogP contribution in [-0.2, 0) is 0 Å². The fourth-order valence-corrected chi connectivity index (χ4v) is 8.60. The summed E-state index contributed by atoms with van der Waals surface area (Å²) in [5.41, 5.74) is 10.9. The van der Waals surface area contributed by atoms with Crippen LogP contribution < -0.4 is 10.6 Å². The maximum absolute atomic E-state index is 6.60. The predicted molar refractivity (Wildman–Crippen MR) is 230 cm³/mol. The Hall–Kier alpha value is -7.57. The van der Waals surface area contributed by atoms with Crippen molar-refractivity contribution in [1.82, 2.24) is 19.5 Å². The smallest absolute Gasteiger partial charge is 0.163 e. The van der Waals surface area contributed by atoms with Gasteiger partial charge >= 0.3 is 0 Å². The van der Waals surface area contributed by atoms with Gasteiger partial charge in [0.25, 0.3) is 0 Å². The van der Waals surface area contributed by atoms with Crippen molar-refractivity contribution in [1.29, 1.82) is 0 Å². The van der Waals surface area contributed by atoms with E-state index in [2.05, 4.69) is 120 Å². The summed E-state index contributed by atoms with van der Waals surface area (Å²) in [6.45, 7) is 0. The van der Waals surface area contributed by atoms with Gasteiger partial charge < -0.3 is 13.4 Å². The normalized spacial score (nSPS) is 14.0. The van der Waals surface area contributed by atoms with Crippen LogP contribution in [0.25, 0.3) is 106 Å². The number of furan rings is 2. The zero-order valence-corrected chi connectivity index (χ0v) is 30.6. The highest BCUT2D eigenvalue weighted by molar-refractivity contribution is 6.10. The first-order valence-electron chi connectivity index (χ1n) is 19.3. The summed E-state index contributed by atoms with van der Waals surface area (Å²) in [7, 11) is 0. The van der Waals surface area contributed by atoms with Crippen molar-refractivity contribution in [2.24, 2.45) is 0 Å². The fourth-order valence-electron chi connectivity index (χ4n) is 8.60. The molecule has 11 aromatic rings. The van der Waals surface area contributed by atoms with E-state index in [1.807, 2.05) is 60.7 Å². The van der Waals surface area contributed by atoms with Crippen LogP contribution in [-0.4, -0.2) is 19.5 Å². The topological polar surface area (TPSA) is 69.9 Å². The summed E-state index contributed by atoms with van der Waals surface area (Å²) in [4.78, 5) is 14.9. The minimum atomic E-state index is -0.0589. The highest BCUT2D eigenvalue weighted by Crippen LogP contribution is 2.37. The third-order valence-electron chi connectivity index (χ3n) is 11.4. The van der Waals surface area contributed by atoms with Gasteiger partial charge in [0.15, 0.2) is 11.6 Å². The summed E-state index contributed by atoms with van der Waals surface area (Å²) < 4.78 is 15.5. The second kappa shape index (κ2) is 12.5. The molecule has 0 radical (unpaired) electrons. The van der Waals surface area contributed by atoms with Crippen molar-refractivity contribution in [3.8, 4) is 39.6 Å². The third kappa shape index (κ3) is 5.15. The molecule has 4 heterocycles. The van der Waals surface area contributed by atoms with Gasteiger partial charge in [-0.3, -0.25) is 0 Å². The van der Waals surface area contributed by atoms with E-state index in [4.69, 9.17) is 23.8 Å². The molecular formula is C51H32N4O2. The second-order valence-electron chi connectivity index (χ2n) is 14.7. The average Bonchev–Trinajstić information content (AvgIpc) is 3.95. The molecule has 1 aliphatic rings. The maximum Gasteiger partial charge on any atom is 0.163 e. The van der Waals surface area contributed by atoms with E-state index in [-0.39, 0.29) is 5.92 Å². The number of aromatic nitrogens is 4. The minimum Gasteiger partial charge on any atom is -0.456 e. The molecule has 12 rings (SSSR count). The van der Waals surface area contributed by atoms with E-state index in [1.54, 1.807) is 0 Å². The summed E-state index contributed by atoms with van der Waals surface area (Å²) in [6, 6.07) is 56.8. The Kier molecular flexibility index (Phi) is 6.95. The number of rotatable bonds is 5. The monoisotopic (exact) mass is 732 g/mol. The molecule has 268 valence electrons. The van der Waals surface area contributed by atoms with Crippen molar-refractivity contribution in [3.05, 3.63) is 180 Å². The Bertz CT molecular complexity index is 3400. The summed E-state index contributed by atoms with van der Waals surface area (Å²) in [5, 5.41) is 6.88. The predicted octanol–water partition coefficient (Wildman–Crippen LogP) is 11.4. The number of para-hydroxylation sites is 2. The molecule has 0 spiro atoms. The molecule has 0 saturated carbocycles. The highest BCUT2D eigenvalue weighted by atomic mass is 16.3. The summed E-state index contributed by atoms with van der Waals surface area (Å²) in [5.74, 6) is 2.00. The lowest BCUT2D eigenvalue weighted by atomic mass is 9.97. The quantitative estimate of drug-likeness (QED) is 0.176. The zero-order chi connectivity index (χ0) is 37.5. The van der Waals surface area contributed by atoms with Crippen molar-refractivity contribution in [3.63, 3.8) is 0 Å². The van der Waals surface area contributed by atoms with Crippen LogP contribution in [0, 0.1) is 0 Å². The number of hydrogen-bond acceptors (Lipinski definition) is 5. The van der Waals surface area contributed by atoms with Gasteiger partial charge in [-0.2, -0.15) is 0 Å². The number of benzene rings is 7. The Morgan fingerprint density at radius 2 is 1.00 bits per heavy atom. The molecule has 0 N–H and O–H groups in total. The molecule has 7 aromatic carbocycles. The van der Waals surface area contributed by atoms with E-state index in [0.717, 1.165) is 83.7 Å². The molecule has 6 heteroatoms. The largest absolute Gasteiger partial charge is 0.456 e. The Balaban J connectivity index is 0.907. The molecule has 0 bridgehead atoms. The number of nitrogens with zero attached hydrogens (tertiary/aromatic N) is 4. The summed E-state index contributed by atoms with van der Waals surface area (Å²) >= 11 is 0. The van der Waals surface area contributed by atoms with Crippen LogP contribution in [0.4, 0.5) is 0 Å². The zero-order valence-electron chi connectivity index (χ0n) is 30.6. The van der Waals surface area contributed by atoms with Gasteiger partial charge in [-0.1, -0.05) is 115 Å². The van der Waals surface area contributed by atoms with Gasteiger partial charge in [0.1, 0.15) is 28.0 Å². The number of fused-ring (bicyclic) bond motifs is 9.